The largest absolute Gasteiger partial charge is 0.392 e. The zero-order valence-electron chi connectivity index (χ0n) is 7.12. The first kappa shape index (κ1) is 7.64. The summed E-state index contributed by atoms with van der Waals surface area (Å²) in [6.07, 6.45) is 4.94. The first-order valence-corrected chi connectivity index (χ1v) is 5.51. The molecule has 0 radical (unpaired) electrons. The minimum atomic E-state index is -0.0692. The summed E-state index contributed by atoms with van der Waals surface area (Å²) in [4.78, 5) is 0. The van der Waals surface area contributed by atoms with E-state index in [1.165, 1.54) is 25.7 Å². The summed E-state index contributed by atoms with van der Waals surface area (Å²) < 4.78 is 0. The van der Waals surface area contributed by atoms with Crippen LogP contribution < -0.4 is 0 Å². The highest BCUT2D eigenvalue weighted by atomic mass is 35.5. The highest BCUT2D eigenvalue weighted by Crippen LogP contribution is 2.55. The zero-order valence-corrected chi connectivity index (χ0v) is 7.87. The van der Waals surface area contributed by atoms with E-state index in [4.69, 9.17) is 11.6 Å². The molecular weight excluding hydrogens is 172 g/mol. The van der Waals surface area contributed by atoms with Gasteiger partial charge in [0.25, 0.3) is 0 Å². The van der Waals surface area contributed by atoms with Crippen molar-refractivity contribution < 1.29 is 5.11 Å². The molecule has 4 fully saturated rings. The van der Waals surface area contributed by atoms with Crippen LogP contribution >= 0.6 is 11.6 Å². The second-order valence-corrected chi connectivity index (χ2v) is 5.43. The highest BCUT2D eigenvalue weighted by Gasteiger charge is 2.52. The SMILES string of the molecule is O[C@H]1[C@@H]2CC3C[C@@H](C2)[C@H](Cl)[C@@H]1C3. The monoisotopic (exact) mass is 186 g/mol. The van der Waals surface area contributed by atoms with Crippen molar-refractivity contribution in [2.75, 3.05) is 0 Å². The van der Waals surface area contributed by atoms with Crippen LogP contribution in [-0.4, -0.2) is 16.6 Å². The summed E-state index contributed by atoms with van der Waals surface area (Å²) in [5.41, 5.74) is 0. The Morgan fingerprint density at radius 3 is 2.58 bits per heavy atom. The van der Waals surface area contributed by atoms with Crippen molar-refractivity contribution in [1.29, 1.82) is 0 Å². The molecule has 1 N–H and O–H groups in total. The predicted molar refractivity (Wildman–Crippen MR) is 48.1 cm³/mol. The number of rotatable bonds is 0. The fourth-order valence-electron chi connectivity index (χ4n) is 3.81. The van der Waals surface area contributed by atoms with Crippen molar-refractivity contribution in [3.8, 4) is 0 Å². The van der Waals surface area contributed by atoms with Crippen molar-refractivity contribution in [3.63, 3.8) is 0 Å². The predicted octanol–water partition coefficient (Wildman–Crippen LogP) is 2.02. The summed E-state index contributed by atoms with van der Waals surface area (Å²) >= 11 is 6.31. The maximum atomic E-state index is 9.91. The minimum Gasteiger partial charge on any atom is -0.392 e. The Hall–Kier alpha value is 0.250. The third kappa shape index (κ3) is 0.843. The molecule has 0 aromatic rings. The maximum absolute atomic E-state index is 9.91. The number of aliphatic hydroxyl groups is 1. The van der Waals surface area contributed by atoms with Crippen molar-refractivity contribution in [2.24, 2.45) is 23.7 Å². The molecule has 6 atom stereocenters. The van der Waals surface area contributed by atoms with Crippen LogP contribution in [-0.2, 0) is 0 Å². The van der Waals surface area contributed by atoms with Gasteiger partial charge in [-0.3, -0.25) is 0 Å². The Morgan fingerprint density at radius 1 is 1.00 bits per heavy atom. The topological polar surface area (TPSA) is 20.2 Å². The Morgan fingerprint density at radius 2 is 1.75 bits per heavy atom. The zero-order chi connectivity index (χ0) is 8.29. The van der Waals surface area contributed by atoms with E-state index in [1.54, 1.807) is 0 Å². The molecule has 0 aromatic carbocycles. The fourth-order valence-corrected chi connectivity index (χ4v) is 4.26. The van der Waals surface area contributed by atoms with Crippen LogP contribution in [0.15, 0.2) is 0 Å². The van der Waals surface area contributed by atoms with Crippen LogP contribution in [0.1, 0.15) is 25.7 Å². The van der Waals surface area contributed by atoms with Crippen LogP contribution in [0.25, 0.3) is 0 Å². The van der Waals surface area contributed by atoms with Gasteiger partial charge in [-0.2, -0.15) is 0 Å². The van der Waals surface area contributed by atoms with E-state index in [2.05, 4.69) is 0 Å². The Labute approximate surface area is 78.1 Å². The molecule has 4 aliphatic carbocycles. The molecule has 0 saturated heterocycles. The number of aliphatic hydroxyl groups excluding tert-OH is 1. The van der Waals surface area contributed by atoms with Crippen molar-refractivity contribution >= 4 is 11.6 Å². The van der Waals surface area contributed by atoms with Crippen molar-refractivity contribution in [1.82, 2.24) is 0 Å². The molecule has 1 nitrogen and oxygen atoms in total. The average Bonchev–Trinajstić information content (AvgIpc) is 2.07. The van der Waals surface area contributed by atoms with E-state index in [0.29, 0.717) is 11.8 Å². The molecule has 4 aliphatic rings. The van der Waals surface area contributed by atoms with Gasteiger partial charge in [0.05, 0.1) is 6.10 Å². The molecule has 0 aromatic heterocycles. The van der Waals surface area contributed by atoms with Crippen LogP contribution in [0.2, 0.25) is 0 Å². The molecule has 4 saturated carbocycles. The lowest BCUT2D eigenvalue weighted by Gasteiger charge is -2.55. The van der Waals surface area contributed by atoms with Gasteiger partial charge in [0, 0.05) is 11.3 Å². The molecule has 12 heavy (non-hydrogen) atoms. The van der Waals surface area contributed by atoms with E-state index in [9.17, 15) is 5.11 Å². The van der Waals surface area contributed by atoms with Gasteiger partial charge in [0.1, 0.15) is 0 Å². The number of halogens is 1. The molecule has 68 valence electrons. The summed E-state index contributed by atoms with van der Waals surface area (Å²) in [5, 5.41) is 10.2. The van der Waals surface area contributed by atoms with Crippen molar-refractivity contribution in [3.05, 3.63) is 0 Å². The minimum absolute atomic E-state index is 0.0692. The maximum Gasteiger partial charge on any atom is 0.0611 e. The van der Waals surface area contributed by atoms with Crippen molar-refractivity contribution in [2.45, 2.75) is 37.2 Å². The third-order valence-electron chi connectivity index (χ3n) is 4.26. The molecule has 4 bridgehead atoms. The first-order chi connectivity index (χ1) is 5.75. The Balaban J connectivity index is 1.93. The van der Waals surface area contributed by atoms with Gasteiger partial charge in [0.2, 0.25) is 0 Å². The quantitative estimate of drug-likeness (QED) is 0.574. The lowest BCUT2D eigenvalue weighted by molar-refractivity contribution is -0.0886. The number of hydrogen-bond donors (Lipinski definition) is 1. The third-order valence-corrected chi connectivity index (χ3v) is 4.94. The van der Waals surface area contributed by atoms with Crippen LogP contribution in [0.5, 0.6) is 0 Å². The van der Waals surface area contributed by atoms with E-state index < -0.39 is 0 Å². The molecule has 2 heteroatoms. The highest BCUT2D eigenvalue weighted by molar-refractivity contribution is 6.21. The van der Waals surface area contributed by atoms with E-state index in [-0.39, 0.29) is 11.5 Å². The summed E-state index contributed by atoms with van der Waals surface area (Å²) in [7, 11) is 0. The average molecular weight is 187 g/mol. The Kier molecular flexibility index (Phi) is 1.52. The smallest absolute Gasteiger partial charge is 0.0611 e. The molecule has 1 unspecified atom stereocenters. The first-order valence-electron chi connectivity index (χ1n) is 5.08. The summed E-state index contributed by atoms with van der Waals surface area (Å²) in [6.45, 7) is 0. The summed E-state index contributed by atoms with van der Waals surface area (Å²) in [5.74, 6) is 2.67. The molecule has 0 aliphatic heterocycles. The fraction of sp³-hybridized carbons (Fsp3) is 1.00. The van der Waals surface area contributed by atoms with Gasteiger partial charge in [-0.1, -0.05) is 0 Å². The van der Waals surface area contributed by atoms with Crippen LogP contribution in [0, 0.1) is 23.7 Å². The van der Waals surface area contributed by atoms with Crippen LogP contribution in [0.4, 0.5) is 0 Å². The molecule has 4 rings (SSSR count). The second-order valence-electron chi connectivity index (χ2n) is 4.93. The van der Waals surface area contributed by atoms with Gasteiger partial charge < -0.3 is 5.11 Å². The molecule has 0 heterocycles. The van der Waals surface area contributed by atoms with Gasteiger partial charge in [-0.05, 0) is 43.4 Å². The van der Waals surface area contributed by atoms with Gasteiger partial charge in [0.15, 0.2) is 0 Å². The summed E-state index contributed by atoms with van der Waals surface area (Å²) in [6, 6.07) is 0. The Bertz CT molecular complexity index is 188. The van der Waals surface area contributed by atoms with Crippen LogP contribution in [0.3, 0.4) is 0 Å². The van der Waals surface area contributed by atoms with Gasteiger partial charge >= 0.3 is 0 Å². The normalized spacial score (nSPS) is 62.5. The van der Waals surface area contributed by atoms with Gasteiger partial charge in [-0.25, -0.2) is 0 Å². The van der Waals surface area contributed by atoms with E-state index >= 15 is 0 Å². The standard InChI is InChI=1S/C10H15ClO/c11-9-6-1-5-2-7(4-6)10(12)8(9)3-5/h5-10,12H,1-4H2/t5?,6-,7+,8-,9-,10-/m0/s1. The molecule has 0 spiro atoms. The lowest BCUT2D eigenvalue weighted by Crippen LogP contribution is -2.54. The van der Waals surface area contributed by atoms with Gasteiger partial charge in [-0.15, -0.1) is 11.6 Å². The molecule has 0 amide bonds. The van der Waals surface area contributed by atoms with E-state index in [1.807, 2.05) is 0 Å². The molecular formula is C10H15ClO. The second kappa shape index (κ2) is 2.39. The number of alkyl halides is 1. The lowest BCUT2D eigenvalue weighted by atomic mass is 9.55. The number of hydrogen-bond acceptors (Lipinski definition) is 1. The van der Waals surface area contributed by atoms with E-state index in [0.717, 1.165) is 11.8 Å².